The second-order valence-electron chi connectivity index (χ2n) is 7.58. The van der Waals surface area contributed by atoms with Gasteiger partial charge < -0.3 is 14.3 Å². The second kappa shape index (κ2) is 8.50. The highest BCUT2D eigenvalue weighted by Gasteiger charge is 2.37. The standard InChI is InChI=1S/C18H33N3O3/c1-14(2)21-10-7-16(17(12-21)22-3)18-19-23-13-15(24-18)11-20-8-5-4-6-9-20/h14-17H,4-13H2,1-3H3. The topological polar surface area (TPSA) is 46.5 Å². The third-order valence-electron chi connectivity index (χ3n) is 5.55. The Morgan fingerprint density at radius 3 is 2.71 bits per heavy atom. The van der Waals surface area contributed by atoms with Crippen LogP contribution < -0.4 is 0 Å². The molecule has 3 unspecified atom stereocenters. The minimum absolute atomic E-state index is 0.0937. The number of likely N-dealkylation sites (tertiary alicyclic amines) is 2. The van der Waals surface area contributed by atoms with E-state index in [0.717, 1.165) is 32.0 Å². The maximum atomic E-state index is 6.24. The van der Waals surface area contributed by atoms with E-state index in [1.807, 2.05) is 0 Å². The lowest BCUT2D eigenvalue weighted by Gasteiger charge is -2.41. The Morgan fingerprint density at radius 2 is 2.00 bits per heavy atom. The van der Waals surface area contributed by atoms with Gasteiger partial charge in [0.1, 0.15) is 6.10 Å². The Morgan fingerprint density at radius 1 is 1.21 bits per heavy atom. The first-order chi connectivity index (χ1) is 11.7. The molecule has 0 spiro atoms. The first-order valence-electron chi connectivity index (χ1n) is 9.53. The minimum atomic E-state index is 0.0937. The molecule has 0 bridgehead atoms. The number of piperidine rings is 2. The van der Waals surface area contributed by atoms with Gasteiger partial charge in [-0.1, -0.05) is 11.6 Å². The molecule has 6 nitrogen and oxygen atoms in total. The van der Waals surface area contributed by atoms with E-state index in [4.69, 9.17) is 14.3 Å². The zero-order valence-electron chi connectivity index (χ0n) is 15.4. The van der Waals surface area contributed by atoms with Crippen molar-refractivity contribution in [2.75, 3.05) is 46.4 Å². The first kappa shape index (κ1) is 18.0. The third kappa shape index (κ3) is 4.41. The Labute approximate surface area is 146 Å². The summed E-state index contributed by atoms with van der Waals surface area (Å²) in [7, 11) is 1.79. The summed E-state index contributed by atoms with van der Waals surface area (Å²) < 4.78 is 12.0. The van der Waals surface area contributed by atoms with Crippen molar-refractivity contribution in [3.05, 3.63) is 0 Å². The molecule has 6 heteroatoms. The molecule has 3 atom stereocenters. The number of ether oxygens (including phenoxy) is 2. The summed E-state index contributed by atoms with van der Waals surface area (Å²) in [4.78, 5) is 10.5. The molecule has 0 aromatic heterocycles. The fourth-order valence-electron chi connectivity index (χ4n) is 4.02. The maximum absolute atomic E-state index is 6.24. The van der Waals surface area contributed by atoms with Crippen LogP contribution in [0.5, 0.6) is 0 Å². The van der Waals surface area contributed by atoms with Crippen LogP contribution in [0.3, 0.4) is 0 Å². The number of nitrogens with zero attached hydrogens (tertiary/aromatic N) is 3. The highest BCUT2D eigenvalue weighted by atomic mass is 16.7. The summed E-state index contributed by atoms with van der Waals surface area (Å²) in [6.45, 7) is 10.3. The molecule has 3 heterocycles. The fourth-order valence-corrected chi connectivity index (χ4v) is 4.02. The van der Waals surface area contributed by atoms with E-state index in [1.165, 1.54) is 32.4 Å². The molecule has 3 rings (SSSR count). The van der Waals surface area contributed by atoms with Gasteiger partial charge in [-0.2, -0.15) is 0 Å². The molecule has 0 radical (unpaired) electrons. The monoisotopic (exact) mass is 339 g/mol. The Hall–Kier alpha value is -0.850. The highest BCUT2D eigenvalue weighted by molar-refractivity contribution is 5.79. The normalized spacial score (nSPS) is 33.0. The highest BCUT2D eigenvalue weighted by Crippen LogP contribution is 2.26. The summed E-state index contributed by atoms with van der Waals surface area (Å²) in [6, 6.07) is 0.543. The minimum Gasteiger partial charge on any atom is -0.470 e. The Balaban J connectivity index is 1.56. The quantitative estimate of drug-likeness (QED) is 0.766. The van der Waals surface area contributed by atoms with E-state index in [0.29, 0.717) is 12.6 Å². The van der Waals surface area contributed by atoms with E-state index in [1.54, 1.807) is 7.11 Å². The molecule has 0 amide bonds. The second-order valence-corrected chi connectivity index (χ2v) is 7.58. The predicted octanol–water partition coefficient (Wildman–Crippen LogP) is 1.95. The summed E-state index contributed by atoms with van der Waals surface area (Å²) in [5.74, 6) is 0.952. The molecule has 3 aliphatic heterocycles. The molecule has 138 valence electrons. The summed E-state index contributed by atoms with van der Waals surface area (Å²) in [5.41, 5.74) is 0. The number of oxime groups is 1. The van der Waals surface area contributed by atoms with Gasteiger partial charge in [0, 0.05) is 26.2 Å². The molecule has 24 heavy (non-hydrogen) atoms. The van der Waals surface area contributed by atoms with Gasteiger partial charge in [-0.3, -0.25) is 9.80 Å². The number of hydrogen-bond acceptors (Lipinski definition) is 6. The summed E-state index contributed by atoms with van der Waals surface area (Å²) in [5, 5.41) is 4.24. The molecule has 2 saturated heterocycles. The van der Waals surface area contributed by atoms with Crippen molar-refractivity contribution in [2.24, 2.45) is 11.1 Å². The van der Waals surface area contributed by atoms with Gasteiger partial charge in [0.2, 0.25) is 5.90 Å². The average Bonchev–Trinajstić information content (AvgIpc) is 2.62. The van der Waals surface area contributed by atoms with Crippen molar-refractivity contribution >= 4 is 5.90 Å². The summed E-state index contributed by atoms with van der Waals surface area (Å²) in [6.07, 6.45) is 5.18. The lowest BCUT2D eigenvalue weighted by Crippen LogP contribution is -2.52. The smallest absolute Gasteiger partial charge is 0.231 e. The lowest BCUT2D eigenvalue weighted by molar-refractivity contribution is -0.0420. The van der Waals surface area contributed by atoms with Crippen LogP contribution in [-0.2, 0) is 14.3 Å². The number of hydrogen-bond donors (Lipinski definition) is 0. The van der Waals surface area contributed by atoms with Gasteiger partial charge in [-0.05, 0) is 52.7 Å². The molecule has 0 saturated carbocycles. The van der Waals surface area contributed by atoms with Gasteiger partial charge >= 0.3 is 0 Å². The molecule has 0 aromatic carbocycles. The van der Waals surface area contributed by atoms with Gasteiger partial charge in [0.05, 0.1) is 12.0 Å². The maximum Gasteiger partial charge on any atom is 0.231 e. The van der Waals surface area contributed by atoms with Crippen LogP contribution in [0.4, 0.5) is 0 Å². The first-order valence-corrected chi connectivity index (χ1v) is 9.53. The fraction of sp³-hybridized carbons (Fsp3) is 0.944. The largest absolute Gasteiger partial charge is 0.470 e. The Kier molecular flexibility index (Phi) is 6.36. The third-order valence-corrected chi connectivity index (χ3v) is 5.55. The molecule has 3 aliphatic rings. The number of rotatable bonds is 5. The van der Waals surface area contributed by atoms with Gasteiger partial charge in [-0.15, -0.1) is 0 Å². The predicted molar refractivity (Wildman–Crippen MR) is 94.2 cm³/mol. The van der Waals surface area contributed by atoms with Crippen LogP contribution >= 0.6 is 0 Å². The van der Waals surface area contributed by atoms with Crippen LogP contribution in [0.15, 0.2) is 5.16 Å². The lowest BCUT2D eigenvalue weighted by atomic mass is 9.92. The number of methoxy groups -OCH3 is 1. The Bertz CT molecular complexity index is 424. The molecular weight excluding hydrogens is 306 g/mol. The van der Waals surface area contributed by atoms with E-state index >= 15 is 0 Å². The van der Waals surface area contributed by atoms with E-state index in [2.05, 4.69) is 28.8 Å². The zero-order valence-corrected chi connectivity index (χ0v) is 15.4. The van der Waals surface area contributed by atoms with Gasteiger partial charge in [0.15, 0.2) is 6.61 Å². The van der Waals surface area contributed by atoms with Crippen molar-refractivity contribution in [3.8, 4) is 0 Å². The summed E-state index contributed by atoms with van der Waals surface area (Å²) >= 11 is 0. The van der Waals surface area contributed by atoms with Crippen molar-refractivity contribution in [3.63, 3.8) is 0 Å². The molecule has 2 fully saturated rings. The average molecular weight is 339 g/mol. The van der Waals surface area contributed by atoms with E-state index in [9.17, 15) is 0 Å². The van der Waals surface area contributed by atoms with E-state index < -0.39 is 0 Å². The SMILES string of the molecule is COC1CN(C(C)C)CCC1C1=NOCC(CN2CCCCC2)O1. The van der Waals surface area contributed by atoms with Gasteiger partial charge in [0.25, 0.3) is 0 Å². The van der Waals surface area contributed by atoms with Crippen LogP contribution in [0.2, 0.25) is 0 Å². The molecule has 0 aromatic rings. The van der Waals surface area contributed by atoms with E-state index in [-0.39, 0.29) is 18.1 Å². The van der Waals surface area contributed by atoms with Crippen LogP contribution in [0.1, 0.15) is 39.5 Å². The van der Waals surface area contributed by atoms with Crippen molar-refractivity contribution < 1.29 is 14.3 Å². The van der Waals surface area contributed by atoms with Crippen LogP contribution in [-0.4, -0.2) is 80.4 Å². The molecule has 0 N–H and O–H groups in total. The zero-order chi connectivity index (χ0) is 16.9. The molecule has 0 aliphatic carbocycles. The van der Waals surface area contributed by atoms with Crippen LogP contribution in [0, 0.1) is 5.92 Å². The van der Waals surface area contributed by atoms with Gasteiger partial charge in [-0.25, -0.2) is 0 Å². The van der Waals surface area contributed by atoms with Crippen molar-refractivity contribution in [1.29, 1.82) is 0 Å². The van der Waals surface area contributed by atoms with Crippen LogP contribution in [0.25, 0.3) is 0 Å². The van der Waals surface area contributed by atoms with Crippen molar-refractivity contribution in [1.82, 2.24) is 9.80 Å². The molecular formula is C18H33N3O3. The van der Waals surface area contributed by atoms with Crippen molar-refractivity contribution in [2.45, 2.75) is 57.8 Å².